The lowest BCUT2D eigenvalue weighted by Gasteiger charge is -2.10. The predicted octanol–water partition coefficient (Wildman–Crippen LogP) is 6.64. The summed E-state index contributed by atoms with van der Waals surface area (Å²) in [6.45, 7) is 0. The first-order chi connectivity index (χ1) is 12.8. The lowest BCUT2D eigenvalue weighted by atomic mass is 10.1. The number of nitrogens with one attached hydrogen (secondary N) is 1. The van der Waals surface area contributed by atoms with Gasteiger partial charge in [0, 0.05) is 27.5 Å². The van der Waals surface area contributed by atoms with Crippen molar-refractivity contribution in [2.45, 2.75) is 0 Å². The maximum Gasteiger partial charge on any atom is 0.263 e. The molecular formula is C21H13ClN2O2. The van der Waals surface area contributed by atoms with Crippen molar-refractivity contribution in [3.63, 3.8) is 0 Å². The maximum absolute atomic E-state index is 5.98. The molecule has 0 aliphatic carbocycles. The molecule has 0 bridgehead atoms. The van der Waals surface area contributed by atoms with Gasteiger partial charge in [0.1, 0.15) is 5.52 Å². The monoisotopic (exact) mass is 360 g/mol. The summed E-state index contributed by atoms with van der Waals surface area (Å²) in [4.78, 5) is 4.64. The van der Waals surface area contributed by atoms with Crippen LogP contribution in [-0.2, 0) is 0 Å². The van der Waals surface area contributed by atoms with Crippen LogP contribution in [0.2, 0.25) is 5.02 Å². The molecule has 4 nitrogen and oxygen atoms in total. The highest BCUT2D eigenvalue weighted by Crippen LogP contribution is 2.35. The van der Waals surface area contributed by atoms with Crippen LogP contribution < -0.4 is 5.32 Å². The fourth-order valence-electron chi connectivity index (χ4n) is 3.05. The summed E-state index contributed by atoms with van der Waals surface area (Å²) in [5.41, 5.74) is 3.41. The molecule has 2 heterocycles. The zero-order valence-corrected chi connectivity index (χ0v) is 14.3. The van der Waals surface area contributed by atoms with Gasteiger partial charge >= 0.3 is 0 Å². The molecule has 5 heteroatoms. The van der Waals surface area contributed by atoms with Gasteiger partial charge in [-0.1, -0.05) is 35.9 Å². The highest BCUT2D eigenvalue weighted by molar-refractivity contribution is 6.30. The van der Waals surface area contributed by atoms with Crippen LogP contribution in [0.4, 0.5) is 11.4 Å². The molecule has 0 amide bonds. The van der Waals surface area contributed by atoms with Gasteiger partial charge in [-0.15, -0.1) is 0 Å². The van der Waals surface area contributed by atoms with E-state index in [1.54, 1.807) is 6.26 Å². The van der Waals surface area contributed by atoms with Gasteiger partial charge in [0.15, 0.2) is 11.3 Å². The second kappa shape index (κ2) is 5.93. The predicted molar refractivity (Wildman–Crippen MR) is 104 cm³/mol. The SMILES string of the molecule is Clc1ccc(Nc2cc3oc(-c4ccco4)nc3c3ccccc23)cc1. The Balaban J connectivity index is 1.70. The van der Waals surface area contributed by atoms with Crippen LogP contribution in [0.5, 0.6) is 0 Å². The van der Waals surface area contributed by atoms with E-state index in [1.807, 2.05) is 60.7 Å². The van der Waals surface area contributed by atoms with Crippen LogP contribution in [-0.4, -0.2) is 4.98 Å². The summed E-state index contributed by atoms with van der Waals surface area (Å²) in [5.74, 6) is 1.08. The summed E-state index contributed by atoms with van der Waals surface area (Å²) in [7, 11) is 0. The fourth-order valence-corrected chi connectivity index (χ4v) is 3.18. The molecule has 5 aromatic rings. The maximum atomic E-state index is 5.98. The number of rotatable bonds is 3. The molecule has 0 radical (unpaired) electrons. The van der Waals surface area contributed by atoms with E-state index in [0.29, 0.717) is 22.3 Å². The van der Waals surface area contributed by atoms with Crippen molar-refractivity contribution in [3.05, 3.63) is 78.0 Å². The van der Waals surface area contributed by atoms with E-state index in [9.17, 15) is 0 Å². The smallest absolute Gasteiger partial charge is 0.263 e. The Kier molecular flexibility index (Phi) is 3.43. The third-order valence-electron chi connectivity index (χ3n) is 4.26. The van der Waals surface area contributed by atoms with E-state index in [-0.39, 0.29) is 0 Å². The second-order valence-electron chi connectivity index (χ2n) is 5.94. The van der Waals surface area contributed by atoms with Crippen LogP contribution in [0.3, 0.4) is 0 Å². The Bertz CT molecular complexity index is 1210. The number of furan rings is 1. The van der Waals surface area contributed by atoms with Crippen molar-refractivity contribution in [3.8, 4) is 11.7 Å². The van der Waals surface area contributed by atoms with Crippen LogP contribution in [0.25, 0.3) is 33.5 Å². The molecular weight excluding hydrogens is 348 g/mol. The summed E-state index contributed by atoms with van der Waals surface area (Å²) in [6.07, 6.45) is 1.61. The number of aromatic nitrogens is 1. The normalized spacial score (nSPS) is 11.3. The van der Waals surface area contributed by atoms with Crippen molar-refractivity contribution >= 4 is 44.8 Å². The Labute approximate surface area is 154 Å². The first kappa shape index (κ1) is 15.0. The molecule has 0 spiro atoms. The molecule has 0 saturated heterocycles. The number of hydrogen-bond donors (Lipinski definition) is 1. The molecule has 0 saturated carbocycles. The number of oxazole rings is 1. The van der Waals surface area contributed by atoms with E-state index in [2.05, 4.69) is 16.4 Å². The fraction of sp³-hybridized carbons (Fsp3) is 0. The molecule has 5 rings (SSSR count). The average molecular weight is 361 g/mol. The number of fused-ring (bicyclic) bond motifs is 3. The summed E-state index contributed by atoms with van der Waals surface area (Å²) < 4.78 is 11.4. The zero-order valence-electron chi connectivity index (χ0n) is 13.6. The number of halogens is 1. The summed E-state index contributed by atoms with van der Waals surface area (Å²) in [6, 6.07) is 21.3. The molecule has 126 valence electrons. The van der Waals surface area contributed by atoms with E-state index in [4.69, 9.17) is 20.4 Å². The van der Waals surface area contributed by atoms with Crippen LogP contribution in [0, 0.1) is 0 Å². The molecule has 1 N–H and O–H groups in total. The summed E-state index contributed by atoms with van der Waals surface area (Å²) in [5, 5.41) is 6.22. The van der Waals surface area contributed by atoms with Crippen LogP contribution >= 0.6 is 11.6 Å². The molecule has 0 aliphatic rings. The van der Waals surface area contributed by atoms with Gasteiger partial charge in [0.25, 0.3) is 5.89 Å². The van der Waals surface area contributed by atoms with Gasteiger partial charge < -0.3 is 14.2 Å². The molecule has 0 aliphatic heterocycles. The van der Waals surface area contributed by atoms with Crippen molar-refractivity contribution in [2.24, 2.45) is 0 Å². The lowest BCUT2D eigenvalue weighted by Crippen LogP contribution is -1.91. The van der Waals surface area contributed by atoms with Crippen LogP contribution in [0.15, 0.2) is 81.8 Å². The molecule has 2 aromatic heterocycles. The third-order valence-corrected chi connectivity index (χ3v) is 4.51. The highest BCUT2D eigenvalue weighted by atomic mass is 35.5. The summed E-state index contributed by atoms with van der Waals surface area (Å²) >= 11 is 5.98. The molecule has 0 atom stereocenters. The third kappa shape index (κ3) is 2.52. The first-order valence-corrected chi connectivity index (χ1v) is 8.54. The van der Waals surface area contributed by atoms with Crippen molar-refractivity contribution in [1.29, 1.82) is 0 Å². The Morgan fingerprint density at radius 1 is 0.885 bits per heavy atom. The van der Waals surface area contributed by atoms with Gasteiger partial charge in [-0.2, -0.15) is 0 Å². The largest absolute Gasteiger partial charge is 0.459 e. The number of hydrogen-bond acceptors (Lipinski definition) is 4. The number of anilines is 2. The van der Waals surface area contributed by atoms with Crippen molar-refractivity contribution < 1.29 is 8.83 Å². The minimum absolute atomic E-state index is 0.471. The number of benzene rings is 3. The van der Waals surface area contributed by atoms with Crippen LogP contribution in [0.1, 0.15) is 0 Å². The molecule has 3 aromatic carbocycles. The number of nitrogens with zero attached hydrogens (tertiary/aromatic N) is 1. The Morgan fingerprint density at radius 3 is 2.46 bits per heavy atom. The van der Waals surface area contributed by atoms with E-state index < -0.39 is 0 Å². The van der Waals surface area contributed by atoms with Gasteiger partial charge in [-0.25, -0.2) is 4.98 Å². The Morgan fingerprint density at radius 2 is 1.69 bits per heavy atom. The quantitative estimate of drug-likeness (QED) is 0.392. The average Bonchev–Trinajstić information content (AvgIpc) is 3.33. The first-order valence-electron chi connectivity index (χ1n) is 8.17. The van der Waals surface area contributed by atoms with E-state index >= 15 is 0 Å². The highest BCUT2D eigenvalue weighted by Gasteiger charge is 2.15. The molecule has 0 fully saturated rings. The minimum Gasteiger partial charge on any atom is -0.459 e. The minimum atomic E-state index is 0.471. The van der Waals surface area contributed by atoms with E-state index in [0.717, 1.165) is 27.7 Å². The van der Waals surface area contributed by atoms with Gasteiger partial charge in [0.05, 0.1) is 12.0 Å². The van der Waals surface area contributed by atoms with Crippen molar-refractivity contribution in [1.82, 2.24) is 4.98 Å². The Hall–Kier alpha value is -3.24. The van der Waals surface area contributed by atoms with Gasteiger partial charge in [-0.05, 0) is 36.4 Å². The van der Waals surface area contributed by atoms with Crippen molar-refractivity contribution in [2.75, 3.05) is 5.32 Å². The second-order valence-corrected chi connectivity index (χ2v) is 6.38. The standard InChI is InChI=1S/C21H13ClN2O2/c22-13-7-9-14(10-8-13)23-17-12-19-20(16-5-2-1-4-15(16)17)24-21(26-19)18-6-3-11-25-18/h1-12,23H. The molecule has 0 unspecified atom stereocenters. The lowest BCUT2D eigenvalue weighted by molar-refractivity contribution is 0.535. The zero-order chi connectivity index (χ0) is 17.5. The van der Waals surface area contributed by atoms with E-state index in [1.165, 1.54) is 0 Å². The molecule has 26 heavy (non-hydrogen) atoms. The van der Waals surface area contributed by atoms with Gasteiger partial charge in [-0.3, -0.25) is 0 Å². The van der Waals surface area contributed by atoms with Gasteiger partial charge in [0.2, 0.25) is 0 Å². The topological polar surface area (TPSA) is 51.2 Å².